The van der Waals surface area contributed by atoms with E-state index in [-0.39, 0.29) is 4.32 Å². The van der Waals surface area contributed by atoms with E-state index in [2.05, 4.69) is 90.4 Å². The minimum Gasteiger partial charge on any atom is -0.0853 e. The number of alkyl halides is 1. The van der Waals surface area contributed by atoms with Crippen LogP contribution in [0.3, 0.4) is 0 Å². The first-order chi connectivity index (χ1) is 9.68. The highest BCUT2D eigenvalue weighted by Gasteiger charge is 2.28. The molecule has 106 valence electrons. The molecule has 2 rings (SSSR count). The number of halogens is 1. The van der Waals surface area contributed by atoms with Crippen molar-refractivity contribution in [2.75, 3.05) is 0 Å². The van der Waals surface area contributed by atoms with Crippen LogP contribution < -0.4 is 0 Å². The normalized spacial score (nSPS) is 11.8. The van der Waals surface area contributed by atoms with Gasteiger partial charge in [0.1, 0.15) is 0 Å². The van der Waals surface area contributed by atoms with Crippen LogP contribution in [-0.2, 0) is 0 Å². The average molecular weight is 331 g/mol. The fourth-order valence-electron chi connectivity index (χ4n) is 2.70. The Balaban J connectivity index is 2.35. The number of hydrogen-bond donors (Lipinski definition) is 0. The van der Waals surface area contributed by atoms with Crippen LogP contribution in [0.15, 0.2) is 60.7 Å². The van der Waals surface area contributed by atoms with E-state index in [4.69, 9.17) is 0 Å². The monoisotopic (exact) mass is 330 g/mol. The minimum atomic E-state index is 0.226. The second-order valence-electron chi connectivity index (χ2n) is 5.44. The molecule has 0 nitrogen and oxygen atoms in total. The minimum absolute atomic E-state index is 0.226. The molecular formula is C19H23Br. The van der Waals surface area contributed by atoms with Crippen LogP contribution in [0.5, 0.6) is 0 Å². The summed E-state index contributed by atoms with van der Waals surface area (Å²) < 4.78 is 0.226. The van der Waals surface area contributed by atoms with Crippen LogP contribution in [0, 0.1) is 0 Å². The van der Waals surface area contributed by atoms with Crippen LogP contribution in [0.2, 0.25) is 0 Å². The quantitative estimate of drug-likeness (QED) is 0.556. The topological polar surface area (TPSA) is 0 Å². The highest BCUT2D eigenvalue weighted by Crippen LogP contribution is 2.40. The second-order valence-corrected chi connectivity index (χ2v) is 7.12. The SMILES string of the molecule is CCC(Br)(CC)CC(c1ccccc1)c1ccccc1. The molecule has 0 radical (unpaired) electrons. The summed E-state index contributed by atoms with van der Waals surface area (Å²) in [6.45, 7) is 4.54. The Hall–Kier alpha value is -1.08. The lowest BCUT2D eigenvalue weighted by Crippen LogP contribution is -2.22. The third-order valence-electron chi connectivity index (χ3n) is 4.24. The standard InChI is InChI=1S/C19H23Br/c1-3-19(20,4-2)15-18(16-11-7-5-8-12-16)17-13-9-6-10-14-17/h5-14,18H,3-4,15H2,1-2H3. The molecule has 0 atom stereocenters. The molecule has 0 heterocycles. The molecule has 2 aromatic rings. The van der Waals surface area contributed by atoms with E-state index in [1.165, 1.54) is 11.1 Å². The molecule has 0 aliphatic heterocycles. The molecule has 0 saturated heterocycles. The van der Waals surface area contributed by atoms with Crippen molar-refractivity contribution >= 4 is 15.9 Å². The zero-order valence-electron chi connectivity index (χ0n) is 12.4. The zero-order valence-corrected chi connectivity index (χ0v) is 13.9. The highest BCUT2D eigenvalue weighted by atomic mass is 79.9. The lowest BCUT2D eigenvalue weighted by Gasteiger charge is -2.30. The lowest BCUT2D eigenvalue weighted by molar-refractivity contribution is 0.490. The lowest BCUT2D eigenvalue weighted by atomic mass is 9.82. The van der Waals surface area contributed by atoms with Gasteiger partial charge in [-0.2, -0.15) is 0 Å². The van der Waals surface area contributed by atoms with Gasteiger partial charge in [-0.25, -0.2) is 0 Å². The first kappa shape index (κ1) is 15.3. The smallest absolute Gasteiger partial charge is 0.0261 e. The Labute approximate surface area is 131 Å². The average Bonchev–Trinajstić information content (AvgIpc) is 2.54. The third-order valence-corrected chi connectivity index (χ3v) is 5.69. The van der Waals surface area contributed by atoms with Crippen LogP contribution in [0.25, 0.3) is 0 Å². The summed E-state index contributed by atoms with van der Waals surface area (Å²) in [6.07, 6.45) is 3.44. The third kappa shape index (κ3) is 3.73. The fourth-order valence-corrected chi connectivity index (χ4v) is 3.03. The largest absolute Gasteiger partial charge is 0.0853 e. The van der Waals surface area contributed by atoms with Crippen LogP contribution in [-0.4, -0.2) is 4.32 Å². The van der Waals surface area contributed by atoms with Gasteiger partial charge in [-0.1, -0.05) is 90.4 Å². The Kier molecular flexibility index (Phi) is 5.42. The molecule has 2 aromatic carbocycles. The maximum absolute atomic E-state index is 3.98. The molecule has 20 heavy (non-hydrogen) atoms. The summed E-state index contributed by atoms with van der Waals surface area (Å²) in [5, 5.41) is 0. The first-order valence-corrected chi connectivity index (χ1v) is 8.26. The highest BCUT2D eigenvalue weighted by molar-refractivity contribution is 9.10. The van der Waals surface area contributed by atoms with E-state index >= 15 is 0 Å². The van der Waals surface area contributed by atoms with Gasteiger partial charge in [0, 0.05) is 10.2 Å². The van der Waals surface area contributed by atoms with Crippen molar-refractivity contribution in [2.45, 2.75) is 43.4 Å². The molecule has 0 amide bonds. The van der Waals surface area contributed by atoms with Gasteiger partial charge < -0.3 is 0 Å². The van der Waals surface area contributed by atoms with Crippen molar-refractivity contribution in [3.63, 3.8) is 0 Å². The molecule has 0 bridgehead atoms. The van der Waals surface area contributed by atoms with Gasteiger partial charge in [0.25, 0.3) is 0 Å². The summed E-state index contributed by atoms with van der Waals surface area (Å²) in [5.41, 5.74) is 2.81. The Morgan fingerprint density at radius 1 is 0.800 bits per heavy atom. The number of rotatable bonds is 6. The maximum Gasteiger partial charge on any atom is 0.0261 e. The van der Waals surface area contributed by atoms with E-state index in [1.807, 2.05) is 0 Å². The van der Waals surface area contributed by atoms with Crippen molar-refractivity contribution in [3.8, 4) is 0 Å². The van der Waals surface area contributed by atoms with E-state index < -0.39 is 0 Å². The predicted octanol–water partition coefficient (Wildman–Crippen LogP) is 6.16. The molecule has 0 aliphatic rings. The Morgan fingerprint density at radius 3 is 1.55 bits per heavy atom. The molecule has 0 saturated carbocycles. The summed E-state index contributed by atoms with van der Waals surface area (Å²) in [6, 6.07) is 21.7. The molecule has 0 unspecified atom stereocenters. The summed E-state index contributed by atoms with van der Waals surface area (Å²) in [4.78, 5) is 0. The van der Waals surface area contributed by atoms with Crippen molar-refractivity contribution in [3.05, 3.63) is 71.8 Å². The molecule has 0 fully saturated rings. The first-order valence-electron chi connectivity index (χ1n) is 7.47. The molecule has 0 spiro atoms. The van der Waals surface area contributed by atoms with Gasteiger partial charge in [0.15, 0.2) is 0 Å². The molecule has 0 aromatic heterocycles. The van der Waals surface area contributed by atoms with E-state index in [0.29, 0.717) is 5.92 Å². The van der Waals surface area contributed by atoms with Crippen molar-refractivity contribution < 1.29 is 0 Å². The zero-order chi connectivity index (χ0) is 14.4. The summed E-state index contributed by atoms with van der Waals surface area (Å²) in [7, 11) is 0. The van der Waals surface area contributed by atoms with Crippen molar-refractivity contribution in [1.29, 1.82) is 0 Å². The summed E-state index contributed by atoms with van der Waals surface area (Å²) in [5.74, 6) is 0.455. The van der Waals surface area contributed by atoms with E-state index in [0.717, 1.165) is 19.3 Å². The van der Waals surface area contributed by atoms with Crippen LogP contribution in [0.4, 0.5) is 0 Å². The van der Waals surface area contributed by atoms with Gasteiger partial charge in [-0.15, -0.1) is 0 Å². The van der Waals surface area contributed by atoms with Gasteiger partial charge in [-0.3, -0.25) is 0 Å². The van der Waals surface area contributed by atoms with Gasteiger partial charge >= 0.3 is 0 Å². The fraction of sp³-hybridized carbons (Fsp3) is 0.368. The van der Waals surface area contributed by atoms with Gasteiger partial charge in [0.2, 0.25) is 0 Å². The number of hydrogen-bond acceptors (Lipinski definition) is 0. The van der Waals surface area contributed by atoms with Gasteiger partial charge in [-0.05, 0) is 30.4 Å². The van der Waals surface area contributed by atoms with Gasteiger partial charge in [0.05, 0.1) is 0 Å². The second kappa shape index (κ2) is 7.08. The van der Waals surface area contributed by atoms with Crippen molar-refractivity contribution in [1.82, 2.24) is 0 Å². The molecular weight excluding hydrogens is 308 g/mol. The summed E-state index contributed by atoms with van der Waals surface area (Å²) >= 11 is 3.98. The Morgan fingerprint density at radius 2 is 1.20 bits per heavy atom. The van der Waals surface area contributed by atoms with Crippen molar-refractivity contribution in [2.24, 2.45) is 0 Å². The molecule has 0 N–H and O–H groups in total. The predicted molar refractivity (Wildman–Crippen MR) is 91.6 cm³/mol. The number of benzene rings is 2. The van der Waals surface area contributed by atoms with E-state index in [1.54, 1.807) is 0 Å². The van der Waals surface area contributed by atoms with Crippen LogP contribution >= 0.6 is 15.9 Å². The van der Waals surface area contributed by atoms with Crippen LogP contribution in [0.1, 0.15) is 50.2 Å². The Bertz CT molecular complexity index is 460. The van der Waals surface area contributed by atoms with E-state index in [9.17, 15) is 0 Å². The molecule has 1 heteroatoms. The molecule has 0 aliphatic carbocycles. The maximum atomic E-state index is 3.98.